The number of hydroxylamine groups is 1. The minimum absolute atomic E-state index is 0.202. The highest BCUT2D eigenvalue weighted by atomic mass is 127. The van der Waals surface area contributed by atoms with Crippen LogP contribution in [0.15, 0.2) is 84.9 Å². The number of anilines is 1. The third-order valence-corrected chi connectivity index (χ3v) is 5.31. The van der Waals surface area contributed by atoms with Crippen molar-refractivity contribution in [3.8, 4) is 0 Å². The Morgan fingerprint density at radius 3 is 1.96 bits per heavy atom. The van der Waals surface area contributed by atoms with Gasteiger partial charge in [-0.2, -0.15) is 5.06 Å². The highest BCUT2D eigenvalue weighted by molar-refractivity contribution is 14.1. The van der Waals surface area contributed by atoms with Crippen LogP contribution in [0.25, 0.3) is 0 Å². The molecular formula is C21H16INO2. The Hall–Kier alpha value is -2.34. The van der Waals surface area contributed by atoms with Crippen LogP contribution in [0.2, 0.25) is 0 Å². The monoisotopic (exact) mass is 441 g/mol. The molecule has 2 unspecified atom stereocenters. The lowest BCUT2D eigenvalue weighted by atomic mass is 9.87. The topological polar surface area (TPSA) is 29.5 Å². The molecule has 0 radical (unpaired) electrons. The second kappa shape index (κ2) is 6.88. The van der Waals surface area contributed by atoms with Crippen molar-refractivity contribution in [2.24, 2.45) is 0 Å². The maximum Gasteiger partial charge on any atom is 0.342 e. The fourth-order valence-electron chi connectivity index (χ4n) is 3.26. The van der Waals surface area contributed by atoms with Gasteiger partial charge in [-0.1, -0.05) is 72.8 Å². The van der Waals surface area contributed by atoms with Crippen LogP contribution >= 0.6 is 22.6 Å². The van der Waals surface area contributed by atoms with Gasteiger partial charge in [0.1, 0.15) is 12.0 Å². The van der Waals surface area contributed by atoms with Crippen molar-refractivity contribution in [2.45, 2.75) is 12.0 Å². The number of nitrogens with zero attached hydrogens (tertiary/aromatic N) is 1. The van der Waals surface area contributed by atoms with Gasteiger partial charge in [-0.3, -0.25) is 0 Å². The van der Waals surface area contributed by atoms with Crippen LogP contribution in [-0.2, 0) is 9.63 Å². The third-order valence-electron chi connectivity index (χ3n) is 4.40. The molecule has 0 aromatic heterocycles. The highest BCUT2D eigenvalue weighted by Crippen LogP contribution is 2.45. The summed E-state index contributed by atoms with van der Waals surface area (Å²) >= 11 is 2.28. The van der Waals surface area contributed by atoms with E-state index in [9.17, 15) is 4.79 Å². The van der Waals surface area contributed by atoms with Gasteiger partial charge in [-0.05, 0) is 45.9 Å². The first-order valence-corrected chi connectivity index (χ1v) is 9.19. The molecule has 3 aromatic rings. The average Bonchev–Trinajstić information content (AvgIpc) is 3.00. The fraction of sp³-hybridized carbons (Fsp3) is 0.0952. The molecule has 1 saturated heterocycles. The summed E-state index contributed by atoms with van der Waals surface area (Å²) in [6.45, 7) is 0. The van der Waals surface area contributed by atoms with Gasteiger partial charge < -0.3 is 4.84 Å². The number of carbonyl (C=O) groups is 1. The largest absolute Gasteiger partial charge is 0.342 e. The van der Waals surface area contributed by atoms with E-state index in [1.165, 1.54) is 0 Å². The van der Waals surface area contributed by atoms with Gasteiger partial charge in [0.05, 0.1) is 5.69 Å². The molecule has 0 N–H and O–H groups in total. The van der Waals surface area contributed by atoms with Crippen molar-refractivity contribution in [3.63, 3.8) is 0 Å². The molecule has 25 heavy (non-hydrogen) atoms. The summed E-state index contributed by atoms with van der Waals surface area (Å²) in [5, 5.41) is 1.76. The minimum Gasteiger partial charge on any atom is -0.339 e. The number of hydrogen-bond acceptors (Lipinski definition) is 3. The Bertz CT molecular complexity index is 883. The first-order valence-electron chi connectivity index (χ1n) is 8.11. The van der Waals surface area contributed by atoms with Crippen LogP contribution in [0, 0.1) is 3.57 Å². The quantitative estimate of drug-likeness (QED) is 0.531. The Labute approximate surface area is 160 Å². The number of rotatable bonds is 3. The number of hydrogen-bond donors (Lipinski definition) is 0. The van der Waals surface area contributed by atoms with E-state index >= 15 is 0 Å². The molecule has 1 aliphatic heterocycles. The zero-order valence-corrected chi connectivity index (χ0v) is 15.5. The summed E-state index contributed by atoms with van der Waals surface area (Å²) in [7, 11) is 0. The van der Waals surface area contributed by atoms with Crippen molar-refractivity contribution >= 4 is 34.2 Å². The lowest BCUT2D eigenvalue weighted by Gasteiger charge is -2.26. The SMILES string of the molecule is O=C1ON(c2ccccc2I)C(c2ccccc2)C1c1ccccc1. The summed E-state index contributed by atoms with van der Waals surface area (Å²) in [6.07, 6.45) is 0. The predicted molar refractivity (Wildman–Crippen MR) is 106 cm³/mol. The van der Waals surface area contributed by atoms with E-state index in [0.29, 0.717) is 0 Å². The Balaban J connectivity index is 1.85. The van der Waals surface area contributed by atoms with E-state index in [4.69, 9.17) is 4.84 Å². The Morgan fingerprint density at radius 2 is 1.32 bits per heavy atom. The molecule has 4 heteroatoms. The Kier molecular flexibility index (Phi) is 4.44. The summed E-state index contributed by atoms with van der Waals surface area (Å²) in [5.41, 5.74) is 2.93. The van der Waals surface area contributed by atoms with E-state index in [1.54, 1.807) is 5.06 Å². The molecule has 1 aliphatic rings. The molecule has 0 amide bonds. The van der Waals surface area contributed by atoms with Gasteiger partial charge in [0.2, 0.25) is 0 Å². The molecule has 2 atom stereocenters. The molecule has 124 valence electrons. The van der Waals surface area contributed by atoms with Crippen LogP contribution in [0.5, 0.6) is 0 Å². The number of para-hydroxylation sites is 1. The van der Waals surface area contributed by atoms with Crippen molar-refractivity contribution in [1.82, 2.24) is 0 Å². The second-order valence-corrected chi connectivity index (χ2v) is 7.09. The van der Waals surface area contributed by atoms with E-state index in [-0.39, 0.29) is 17.9 Å². The molecule has 1 heterocycles. The highest BCUT2D eigenvalue weighted by Gasteiger charge is 2.46. The lowest BCUT2D eigenvalue weighted by Crippen LogP contribution is -2.24. The molecule has 0 bridgehead atoms. The maximum absolute atomic E-state index is 12.8. The van der Waals surface area contributed by atoms with E-state index in [0.717, 1.165) is 20.4 Å². The van der Waals surface area contributed by atoms with Crippen LogP contribution in [0.3, 0.4) is 0 Å². The smallest absolute Gasteiger partial charge is 0.339 e. The van der Waals surface area contributed by atoms with Gasteiger partial charge in [0, 0.05) is 3.57 Å². The zero-order chi connectivity index (χ0) is 17.2. The predicted octanol–water partition coefficient (Wildman–Crippen LogP) is 5.09. The van der Waals surface area contributed by atoms with Gasteiger partial charge in [-0.25, -0.2) is 4.79 Å². The maximum atomic E-state index is 12.8. The molecule has 0 spiro atoms. The normalized spacial score (nSPS) is 19.7. The molecule has 3 nitrogen and oxygen atoms in total. The van der Waals surface area contributed by atoms with Gasteiger partial charge in [0.15, 0.2) is 0 Å². The molecule has 1 fully saturated rings. The molecular weight excluding hydrogens is 425 g/mol. The average molecular weight is 441 g/mol. The van der Waals surface area contributed by atoms with Gasteiger partial charge in [0.25, 0.3) is 0 Å². The number of carbonyl (C=O) groups excluding carboxylic acids is 1. The van der Waals surface area contributed by atoms with E-state index in [2.05, 4.69) is 22.6 Å². The van der Waals surface area contributed by atoms with Crippen LogP contribution in [0.1, 0.15) is 23.1 Å². The number of benzene rings is 3. The van der Waals surface area contributed by atoms with Crippen molar-refractivity contribution in [2.75, 3.05) is 5.06 Å². The molecule has 0 saturated carbocycles. The van der Waals surface area contributed by atoms with E-state index in [1.807, 2.05) is 84.9 Å². The van der Waals surface area contributed by atoms with Crippen molar-refractivity contribution < 1.29 is 9.63 Å². The van der Waals surface area contributed by atoms with Crippen molar-refractivity contribution in [1.29, 1.82) is 0 Å². The van der Waals surface area contributed by atoms with Gasteiger partial charge >= 0.3 is 5.97 Å². The summed E-state index contributed by atoms with van der Waals surface area (Å²) in [4.78, 5) is 18.5. The molecule has 4 rings (SSSR count). The first kappa shape index (κ1) is 16.1. The molecule has 3 aromatic carbocycles. The molecule has 0 aliphatic carbocycles. The van der Waals surface area contributed by atoms with Gasteiger partial charge in [-0.15, -0.1) is 0 Å². The van der Waals surface area contributed by atoms with Crippen LogP contribution < -0.4 is 5.06 Å². The van der Waals surface area contributed by atoms with Crippen LogP contribution in [0.4, 0.5) is 5.69 Å². The zero-order valence-electron chi connectivity index (χ0n) is 13.4. The summed E-state index contributed by atoms with van der Waals surface area (Å²) < 4.78 is 1.04. The standard InChI is InChI=1S/C21H16INO2/c22-17-13-7-8-14-18(17)23-20(16-11-5-2-6-12-16)19(21(24)25-23)15-9-3-1-4-10-15/h1-14,19-20H. The van der Waals surface area contributed by atoms with Crippen LogP contribution in [-0.4, -0.2) is 5.97 Å². The summed E-state index contributed by atoms with van der Waals surface area (Å²) in [6, 6.07) is 27.7. The summed E-state index contributed by atoms with van der Waals surface area (Å²) in [5.74, 6) is -0.584. The first-order chi connectivity index (χ1) is 12.3. The minimum atomic E-state index is -0.361. The fourth-order valence-corrected chi connectivity index (χ4v) is 3.89. The Morgan fingerprint density at radius 1 is 0.760 bits per heavy atom. The second-order valence-electron chi connectivity index (χ2n) is 5.93. The number of halogens is 1. The van der Waals surface area contributed by atoms with Crippen molar-refractivity contribution in [3.05, 3.63) is 99.6 Å². The third kappa shape index (κ3) is 3.02. The lowest BCUT2D eigenvalue weighted by molar-refractivity contribution is -0.140. The van der Waals surface area contributed by atoms with E-state index < -0.39 is 0 Å².